The lowest BCUT2D eigenvalue weighted by atomic mass is 9.60. The zero-order valence-corrected chi connectivity index (χ0v) is 24.8. The number of aryl methyl sites for hydroxylation is 2. The summed E-state index contributed by atoms with van der Waals surface area (Å²) in [5.41, 5.74) is -1.16. The topological polar surface area (TPSA) is 0 Å². The van der Waals surface area contributed by atoms with E-state index in [4.69, 9.17) is 0 Å². The zero-order valence-electron chi connectivity index (χ0n) is 23.2. The Morgan fingerprint density at radius 1 is 0.561 bits per heavy atom. The van der Waals surface area contributed by atoms with Gasteiger partial charge in [-0.25, -0.2) is 0 Å². The van der Waals surface area contributed by atoms with Crippen LogP contribution in [0.2, 0.25) is 0 Å². The number of fused-ring (bicyclic) bond motifs is 4. The van der Waals surface area contributed by atoms with Crippen molar-refractivity contribution in [3.8, 4) is 0 Å². The maximum absolute atomic E-state index is 15.6. The summed E-state index contributed by atoms with van der Waals surface area (Å²) in [7, 11) is 0. The minimum Gasteiger partial charge on any atom is -0.194 e. The average Bonchev–Trinajstić information content (AvgIpc) is 3.50. The molecule has 0 bridgehead atoms. The van der Waals surface area contributed by atoms with E-state index >= 15 is 26.3 Å². The first kappa shape index (κ1) is 28.8. The number of allylic oxidation sites excluding steroid dienone is 6. The summed E-state index contributed by atoms with van der Waals surface area (Å²) >= 11 is 1.84. The highest BCUT2D eigenvalue weighted by molar-refractivity contribution is 8.12. The molecule has 0 radical (unpaired) electrons. The Labute approximate surface area is 245 Å². The molecule has 0 N–H and O–H groups in total. The lowest BCUT2D eigenvalue weighted by Crippen LogP contribution is -2.47. The quantitative estimate of drug-likeness (QED) is 0.301. The number of benzene rings is 2. The number of thioether (sulfide) groups is 2. The molecule has 0 aromatic heterocycles. The van der Waals surface area contributed by atoms with Crippen molar-refractivity contribution in [2.24, 2.45) is 10.8 Å². The first-order valence-corrected chi connectivity index (χ1v) is 15.5. The molecular formula is C33H30F6S2. The van der Waals surface area contributed by atoms with Crippen LogP contribution in [0.1, 0.15) is 62.8 Å². The highest BCUT2D eigenvalue weighted by Crippen LogP contribution is 2.78. The van der Waals surface area contributed by atoms with Crippen LogP contribution < -0.4 is 0 Å². The van der Waals surface area contributed by atoms with Crippen LogP contribution in [0.5, 0.6) is 0 Å². The largest absolute Gasteiger partial charge is 0.380 e. The molecule has 2 heterocycles. The van der Waals surface area contributed by atoms with Gasteiger partial charge in [-0.2, -0.15) is 26.3 Å². The highest BCUT2D eigenvalue weighted by Gasteiger charge is 2.84. The molecule has 41 heavy (non-hydrogen) atoms. The molecule has 2 aromatic rings. The lowest BCUT2D eigenvalue weighted by molar-refractivity contribution is -0.258. The van der Waals surface area contributed by atoms with Crippen molar-refractivity contribution in [3.63, 3.8) is 0 Å². The van der Waals surface area contributed by atoms with Crippen molar-refractivity contribution < 1.29 is 26.3 Å². The van der Waals surface area contributed by atoms with Crippen LogP contribution in [0, 0.1) is 10.8 Å². The molecule has 1 saturated carbocycles. The van der Waals surface area contributed by atoms with Gasteiger partial charge in [0.15, 0.2) is 0 Å². The van der Waals surface area contributed by atoms with Gasteiger partial charge >= 0.3 is 17.8 Å². The predicted octanol–water partition coefficient (Wildman–Crippen LogP) is 10.9. The van der Waals surface area contributed by atoms with Crippen molar-refractivity contribution >= 4 is 33.3 Å². The van der Waals surface area contributed by atoms with Crippen LogP contribution in [0.25, 0.3) is 9.81 Å². The van der Waals surface area contributed by atoms with Crippen molar-refractivity contribution in [2.75, 3.05) is 0 Å². The molecule has 6 rings (SSSR count). The lowest BCUT2D eigenvalue weighted by Gasteiger charge is -2.45. The monoisotopic (exact) mass is 604 g/mol. The van der Waals surface area contributed by atoms with Crippen LogP contribution in [0.4, 0.5) is 26.3 Å². The molecule has 216 valence electrons. The van der Waals surface area contributed by atoms with E-state index in [0.717, 1.165) is 71.5 Å². The van der Waals surface area contributed by atoms with Crippen LogP contribution in [0.3, 0.4) is 0 Å². The third kappa shape index (κ3) is 3.78. The second kappa shape index (κ2) is 9.34. The standard InChI is InChI=1S/C33H30F6S2/c1-5-7-19-9-13-21(14-10-19)23-17-29(3)27(40-23)25-26(32(36,37)33(38,39)31(25,34)35)28-30(29,4)18-24(41-28)22-15-11-20(8-6-2)12-16-22/h9-18H,5-8H2,1-4H3. The van der Waals surface area contributed by atoms with E-state index in [1.807, 2.05) is 60.7 Å². The van der Waals surface area contributed by atoms with Crippen LogP contribution in [-0.2, 0) is 12.8 Å². The fourth-order valence-electron chi connectivity index (χ4n) is 6.41. The summed E-state index contributed by atoms with van der Waals surface area (Å²) < 4.78 is 92.3. The molecule has 0 spiro atoms. The fraction of sp³-hybridized carbons (Fsp3) is 0.394. The molecule has 2 aromatic carbocycles. The van der Waals surface area contributed by atoms with Gasteiger partial charge in [-0.05, 0) is 35.1 Å². The second-order valence-corrected chi connectivity index (χ2v) is 13.8. The molecule has 1 fully saturated rings. The highest BCUT2D eigenvalue weighted by atomic mass is 32.2. The van der Waals surface area contributed by atoms with E-state index in [0.29, 0.717) is 9.81 Å². The summed E-state index contributed by atoms with van der Waals surface area (Å²) in [6.07, 6.45) is 7.34. The summed E-state index contributed by atoms with van der Waals surface area (Å²) in [5.74, 6) is -15.6. The molecule has 2 aliphatic heterocycles. The number of hydrogen-bond acceptors (Lipinski definition) is 2. The molecule has 0 amide bonds. The number of halogens is 6. The maximum atomic E-state index is 15.6. The maximum Gasteiger partial charge on any atom is 0.380 e. The average molecular weight is 605 g/mol. The van der Waals surface area contributed by atoms with Crippen LogP contribution >= 0.6 is 23.5 Å². The van der Waals surface area contributed by atoms with Crippen molar-refractivity contribution in [3.05, 3.63) is 104 Å². The van der Waals surface area contributed by atoms with Crippen molar-refractivity contribution in [2.45, 2.75) is 71.1 Å². The van der Waals surface area contributed by atoms with Crippen molar-refractivity contribution in [1.29, 1.82) is 0 Å². The zero-order chi connectivity index (χ0) is 29.6. The first-order chi connectivity index (χ1) is 19.2. The van der Waals surface area contributed by atoms with Gasteiger partial charge in [-0.15, -0.1) is 0 Å². The SMILES string of the molecule is CCCc1ccc(C2=CC3(C)C(=C4C(=C5SC(c6ccc(CCC)cc6)=CC53C)C(F)(F)C(F)(F)C4(F)F)S2)cc1. The number of rotatable bonds is 6. The summed E-state index contributed by atoms with van der Waals surface area (Å²) in [4.78, 5) is 0.962. The van der Waals surface area contributed by atoms with Gasteiger partial charge < -0.3 is 0 Å². The Balaban J connectivity index is 1.56. The van der Waals surface area contributed by atoms with Gasteiger partial charge in [0.05, 0.1) is 0 Å². The molecule has 0 saturated heterocycles. The molecular weight excluding hydrogens is 574 g/mol. The van der Waals surface area contributed by atoms with Gasteiger partial charge in [0.1, 0.15) is 0 Å². The van der Waals surface area contributed by atoms with E-state index in [-0.39, 0.29) is 9.81 Å². The van der Waals surface area contributed by atoms with Crippen LogP contribution in [-0.4, -0.2) is 17.8 Å². The summed E-state index contributed by atoms with van der Waals surface area (Å²) in [5, 5.41) is 0. The van der Waals surface area contributed by atoms with Gasteiger partial charge in [-0.3, -0.25) is 0 Å². The van der Waals surface area contributed by atoms with E-state index in [9.17, 15) is 0 Å². The molecule has 2 unspecified atom stereocenters. The third-order valence-electron chi connectivity index (χ3n) is 8.96. The second-order valence-electron chi connectivity index (χ2n) is 11.7. The molecule has 4 aliphatic rings. The Kier molecular flexibility index (Phi) is 6.56. The van der Waals surface area contributed by atoms with Gasteiger partial charge in [0, 0.05) is 41.6 Å². The number of alkyl halides is 6. The van der Waals surface area contributed by atoms with E-state index in [1.165, 1.54) is 0 Å². The Morgan fingerprint density at radius 2 is 0.902 bits per heavy atom. The van der Waals surface area contributed by atoms with Gasteiger partial charge in [-0.1, -0.05) is 125 Å². The minimum absolute atomic E-state index is 0.121. The summed E-state index contributed by atoms with van der Waals surface area (Å²) in [6, 6.07) is 15.3. The van der Waals surface area contributed by atoms with E-state index < -0.39 is 39.7 Å². The van der Waals surface area contributed by atoms with Gasteiger partial charge in [0.2, 0.25) is 0 Å². The number of hydrogen-bond donors (Lipinski definition) is 0. The van der Waals surface area contributed by atoms with E-state index in [1.54, 1.807) is 13.8 Å². The minimum atomic E-state index is -5.55. The third-order valence-corrected chi connectivity index (χ3v) is 11.8. The Bertz CT molecular complexity index is 1430. The van der Waals surface area contributed by atoms with Gasteiger partial charge in [0.25, 0.3) is 0 Å². The van der Waals surface area contributed by atoms with E-state index in [2.05, 4.69) is 13.8 Å². The normalized spacial score (nSPS) is 28.8. The molecule has 0 nitrogen and oxygen atoms in total. The Hall–Kier alpha value is -2.32. The first-order valence-electron chi connectivity index (χ1n) is 13.9. The Morgan fingerprint density at radius 3 is 1.22 bits per heavy atom. The molecule has 2 aliphatic carbocycles. The fourth-order valence-corrected chi connectivity index (χ4v) is 9.58. The van der Waals surface area contributed by atoms with Crippen molar-refractivity contribution in [1.82, 2.24) is 0 Å². The summed E-state index contributed by atoms with van der Waals surface area (Å²) in [6.45, 7) is 7.57. The molecule has 8 heteroatoms. The molecule has 2 atom stereocenters. The predicted molar refractivity (Wildman–Crippen MR) is 157 cm³/mol. The smallest absolute Gasteiger partial charge is 0.194 e. The van der Waals surface area contributed by atoms with Crippen LogP contribution in [0.15, 0.2) is 81.6 Å².